The fraction of sp³-hybridized carbons (Fsp3) is 0.303. The molecule has 0 spiro atoms. The van der Waals surface area contributed by atoms with Crippen LogP contribution in [0.4, 0.5) is 4.79 Å². The molecule has 41 heavy (non-hydrogen) atoms. The summed E-state index contributed by atoms with van der Waals surface area (Å²) in [5.74, 6) is 0.563. The average Bonchev–Trinajstić information content (AvgIpc) is 3.30. The number of terminal acetylenes is 1. The zero-order valence-corrected chi connectivity index (χ0v) is 22.8. The number of ether oxygens (including phenoxy) is 1. The van der Waals surface area contributed by atoms with Gasteiger partial charge in [0.2, 0.25) is 5.91 Å². The molecular weight excluding hydrogens is 518 g/mol. The highest BCUT2D eigenvalue weighted by Gasteiger charge is 2.46. The fourth-order valence-corrected chi connectivity index (χ4v) is 5.93. The number of aliphatic carboxylic acids is 1. The number of amides is 2. The van der Waals surface area contributed by atoms with Crippen molar-refractivity contribution >= 4 is 18.0 Å². The number of hydrogen-bond acceptors (Lipinski definition) is 5. The van der Waals surface area contributed by atoms with Crippen LogP contribution in [0, 0.1) is 12.3 Å². The summed E-state index contributed by atoms with van der Waals surface area (Å²) in [5, 5.41) is 12.3. The molecule has 2 aliphatic rings. The third kappa shape index (κ3) is 6.11. The Hall–Kier alpha value is -4.61. The molecule has 1 aliphatic heterocycles. The van der Waals surface area contributed by atoms with Gasteiger partial charge in [-0.15, -0.1) is 6.42 Å². The molecule has 0 aromatic heterocycles. The highest BCUT2D eigenvalue weighted by Crippen LogP contribution is 2.44. The molecule has 0 radical (unpaired) electrons. The zero-order valence-electron chi connectivity index (χ0n) is 22.8. The third-order valence-corrected chi connectivity index (χ3v) is 7.95. The van der Waals surface area contributed by atoms with Crippen LogP contribution in [0.25, 0.3) is 11.1 Å². The van der Waals surface area contributed by atoms with E-state index < -0.39 is 30.1 Å². The van der Waals surface area contributed by atoms with Crippen molar-refractivity contribution in [3.05, 3.63) is 95.6 Å². The van der Waals surface area contributed by atoms with Crippen LogP contribution in [0.3, 0.4) is 0 Å². The molecule has 1 saturated heterocycles. The van der Waals surface area contributed by atoms with Crippen molar-refractivity contribution in [2.75, 3.05) is 32.8 Å². The Kier molecular flexibility index (Phi) is 8.37. The van der Waals surface area contributed by atoms with E-state index in [2.05, 4.69) is 28.3 Å². The lowest BCUT2D eigenvalue weighted by atomic mass is 9.85. The van der Waals surface area contributed by atoms with Gasteiger partial charge in [0.05, 0.1) is 6.54 Å². The summed E-state index contributed by atoms with van der Waals surface area (Å²) in [6.45, 7) is 1.15. The van der Waals surface area contributed by atoms with E-state index in [1.165, 1.54) is 0 Å². The summed E-state index contributed by atoms with van der Waals surface area (Å²) in [4.78, 5) is 42.0. The van der Waals surface area contributed by atoms with Gasteiger partial charge in [-0.25, -0.2) is 4.79 Å². The van der Waals surface area contributed by atoms with Gasteiger partial charge in [-0.3, -0.25) is 14.5 Å². The number of carboxylic acids is 1. The molecule has 1 aliphatic carbocycles. The molecule has 1 fully saturated rings. The lowest BCUT2D eigenvalue weighted by Crippen LogP contribution is -2.64. The van der Waals surface area contributed by atoms with Crippen LogP contribution in [-0.2, 0) is 20.9 Å². The summed E-state index contributed by atoms with van der Waals surface area (Å²) in [6, 6.07) is 26.1. The molecule has 0 bridgehead atoms. The molecular formula is C33H33N3O5. The van der Waals surface area contributed by atoms with E-state index in [4.69, 9.17) is 11.2 Å². The van der Waals surface area contributed by atoms with Crippen molar-refractivity contribution in [2.45, 2.75) is 30.8 Å². The van der Waals surface area contributed by atoms with Crippen LogP contribution < -0.4 is 5.32 Å². The molecule has 2 N–H and O–H groups in total. The number of carbonyl (C=O) groups excluding carboxylic acids is 2. The third-order valence-electron chi connectivity index (χ3n) is 7.95. The molecule has 1 heterocycles. The summed E-state index contributed by atoms with van der Waals surface area (Å²) in [7, 11) is 0. The Morgan fingerprint density at radius 1 is 0.951 bits per heavy atom. The summed E-state index contributed by atoms with van der Waals surface area (Å²) < 4.78 is 5.77. The van der Waals surface area contributed by atoms with Gasteiger partial charge in [0.15, 0.2) is 0 Å². The van der Waals surface area contributed by atoms with Gasteiger partial charge in [-0.05, 0) is 40.7 Å². The Labute approximate surface area is 239 Å². The second-order valence-electron chi connectivity index (χ2n) is 10.6. The average molecular weight is 552 g/mol. The van der Waals surface area contributed by atoms with Crippen LogP contribution in [0.5, 0.6) is 0 Å². The minimum atomic E-state index is -1.33. The minimum Gasteiger partial charge on any atom is -0.480 e. The number of benzene rings is 3. The standard InChI is InChI=1S/C33H33N3O5/c1-2-18-36(22-30(37)38)31(39)33(16-19-35(20-17-33)21-24-10-4-3-5-11-24)34-32(40)41-23-29-27-14-8-6-12-25(27)26-13-7-9-15-28(26)29/h1,3-15,29H,16-23H2,(H,34,40)(H,37,38). The quantitative estimate of drug-likeness (QED) is 0.389. The van der Waals surface area contributed by atoms with Crippen molar-refractivity contribution in [3.8, 4) is 23.5 Å². The zero-order chi connectivity index (χ0) is 28.8. The first-order valence-corrected chi connectivity index (χ1v) is 13.7. The van der Waals surface area contributed by atoms with E-state index in [0.717, 1.165) is 32.7 Å². The van der Waals surface area contributed by atoms with E-state index >= 15 is 0 Å². The van der Waals surface area contributed by atoms with Gasteiger partial charge in [0, 0.05) is 25.6 Å². The second kappa shape index (κ2) is 12.3. The fourth-order valence-electron chi connectivity index (χ4n) is 5.93. The number of rotatable bonds is 9. The second-order valence-corrected chi connectivity index (χ2v) is 10.6. The molecule has 5 rings (SSSR count). The van der Waals surface area contributed by atoms with Crippen LogP contribution in [0.15, 0.2) is 78.9 Å². The number of nitrogens with zero attached hydrogens (tertiary/aromatic N) is 2. The normalized spacial score (nSPS) is 15.7. The van der Waals surface area contributed by atoms with Crippen molar-refractivity contribution in [3.63, 3.8) is 0 Å². The van der Waals surface area contributed by atoms with Crippen molar-refractivity contribution in [2.24, 2.45) is 0 Å². The van der Waals surface area contributed by atoms with Gasteiger partial charge in [-0.2, -0.15) is 0 Å². The smallest absolute Gasteiger partial charge is 0.408 e. The van der Waals surface area contributed by atoms with E-state index in [0.29, 0.717) is 32.5 Å². The van der Waals surface area contributed by atoms with Crippen molar-refractivity contribution in [1.82, 2.24) is 15.1 Å². The molecule has 0 atom stereocenters. The Balaban J connectivity index is 1.32. The molecule has 0 saturated carbocycles. The largest absolute Gasteiger partial charge is 0.480 e. The maximum Gasteiger partial charge on any atom is 0.408 e. The monoisotopic (exact) mass is 551 g/mol. The first kappa shape index (κ1) is 27.9. The molecule has 8 nitrogen and oxygen atoms in total. The number of nitrogens with one attached hydrogen (secondary N) is 1. The maximum absolute atomic E-state index is 13.8. The summed E-state index contributed by atoms with van der Waals surface area (Å²) in [5.41, 5.74) is 4.23. The van der Waals surface area contributed by atoms with E-state index in [-0.39, 0.29) is 19.1 Å². The van der Waals surface area contributed by atoms with E-state index in [9.17, 15) is 19.5 Å². The van der Waals surface area contributed by atoms with Gasteiger partial charge < -0.3 is 20.1 Å². The van der Waals surface area contributed by atoms with Crippen LogP contribution in [-0.4, -0.2) is 71.2 Å². The van der Waals surface area contributed by atoms with Gasteiger partial charge in [0.1, 0.15) is 18.7 Å². The molecule has 210 valence electrons. The minimum absolute atomic E-state index is 0.105. The van der Waals surface area contributed by atoms with Gasteiger partial charge in [0.25, 0.3) is 0 Å². The number of likely N-dealkylation sites (tertiary alicyclic amines) is 1. The van der Waals surface area contributed by atoms with Crippen LogP contribution >= 0.6 is 0 Å². The number of hydrogen-bond donors (Lipinski definition) is 2. The van der Waals surface area contributed by atoms with Gasteiger partial charge >= 0.3 is 12.1 Å². The van der Waals surface area contributed by atoms with Crippen LogP contribution in [0.2, 0.25) is 0 Å². The lowest BCUT2D eigenvalue weighted by Gasteiger charge is -2.42. The van der Waals surface area contributed by atoms with Crippen molar-refractivity contribution < 1.29 is 24.2 Å². The van der Waals surface area contributed by atoms with E-state index in [1.807, 2.05) is 66.7 Å². The first-order valence-electron chi connectivity index (χ1n) is 13.7. The summed E-state index contributed by atoms with van der Waals surface area (Å²) >= 11 is 0. The predicted molar refractivity (Wildman–Crippen MR) is 155 cm³/mol. The summed E-state index contributed by atoms with van der Waals surface area (Å²) in [6.07, 6.45) is 5.34. The molecule has 0 unspecified atom stereocenters. The molecule has 8 heteroatoms. The number of carbonyl (C=O) groups is 3. The van der Waals surface area contributed by atoms with Crippen molar-refractivity contribution in [1.29, 1.82) is 0 Å². The number of fused-ring (bicyclic) bond motifs is 3. The topological polar surface area (TPSA) is 99.2 Å². The highest BCUT2D eigenvalue weighted by atomic mass is 16.5. The van der Waals surface area contributed by atoms with Crippen LogP contribution in [0.1, 0.15) is 35.4 Å². The Morgan fingerprint density at radius 2 is 1.54 bits per heavy atom. The molecule has 3 aromatic rings. The maximum atomic E-state index is 13.8. The Morgan fingerprint density at radius 3 is 2.12 bits per heavy atom. The first-order chi connectivity index (χ1) is 19.9. The number of piperidine rings is 1. The number of alkyl carbamates (subject to hydrolysis) is 1. The predicted octanol–water partition coefficient (Wildman–Crippen LogP) is 4.11. The molecule has 2 amide bonds. The highest BCUT2D eigenvalue weighted by molar-refractivity contribution is 5.92. The number of carboxylic acid groups (broad SMARTS) is 1. The SMILES string of the molecule is C#CCN(CC(=O)O)C(=O)C1(NC(=O)OCC2c3ccccc3-c3ccccc32)CCN(Cc2ccccc2)CC1. The Bertz CT molecular complexity index is 1410. The lowest BCUT2D eigenvalue weighted by molar-refractivity contribution is -0.148. The molecule has 3 aromatic carbocycles. The van der Waals surface area contributed by atoms with E-state index in [1.54, 1.807) is 0 Å². The van der Waals surface area contributed by atoms with Gasteiger partial charge in [-0.1, -0.05) is 84.8 Å².